The number of benzene rings is 4. The second-order valence-electron chi connectivity index (χ2n) is 9.46. The minimum Gasteiger partial charge on any atom is -0.277 e. The van der Waals surface area contributed by atoms with E-state index in [1.165, 1.54) is 23.1 Å². The van der Waals surface area contributed by atoms with Gasteiger partial charge in [-0.15, -0.1) is 0 Å². The van der Waals surface area contributed by atoms with Crippen LogP contribution < -0.4 is 4.90 Å². The highest BCUT2D eigenvalue weighted by atomic mass is 16.2. The molecule has 0 bridgehead atoms. The predicted molar refractivity (Wildman–Crippen MR) is 163 cm³/mol. The second kappa shape index (κ2) is 12.1. The Morgan fingerprint density at radius 2 is 0.927 bits per heavy atom. The van der Waals surface area contributed by atoms with Crippen LogP contribution in [0.5, 0.6) is 0 Å². The topological polar surface area (TPSA) is 74.8 Å². The maximum absolute atomic E-state index is 13.3. The van der Waals surface area contributed by atoms with Crippen molar-refractivity contribution in [3.8, 4) is 11.1 Å². The van der Waals surface area contributed by atoms with E-state index in [9.17, 15) is 19.2 Å². The highest BCUT2D eigenvalue weighted by Crippen LogP contribution is 2.34. The number of imide groups is 2. The molecule has 2 aliphatic heterocycles. The van der Waals surface area contributed by atoms with Crippen molar-refractivity contribution in [2.24, 2.45) is 0 Å². The van der Waals surface area contributed by atoms with Gasteiger partial charge in [0.25, 0.3) is 23.6 Å². The van der Waals surface area contributed by atoms with Crippen molar-refractivity contribution < 1.29 is 19.2 Å². The number of anilines is 1. The average Bonchev–Trinajstić information content (AvgIpc) is 3.39. The zero-order valence-electron chi connectivity index (χ0n) is 24.3. The Kier molecular flexibility index (Phi) is 8.62. The maximum Gasteiger partial charge on any atom is 0.266 e. The summed E-state index contributed by atoms with van der Waals surface area (Å²) in [4.78, 5) is 53.4. The lowest BCUT2D eigenvalue weighted by Crippen LogP contribution is -2.29. The molecule has 0 N–H and O–H groups in total. The molecule has 6 nitrogen and oxygen atoms in total. The standard InChI is InChI=1S/C31H22N2O4.2C2H6/c1-18-3-5-19(6-4-18)15-20-7-11-23(12-8-20)33-30(36)25-14-10-22(17-27(25)31(33)37)21-9-13-24-26(16-21)29(35)32(2)28(24)34;2*1-2/h3-14,16-17H,15H2,1-2H3;2*1-2H3. The molecule has 0 aliphatic carbocycles. The molecule has 6 heteroatoms. The fraction of sp³-hybridized carbons (Fsp3) is 0.200. The van der Waals surface area contributed by atoms with Crippen LogP contribution in [-0.4, -0.2) is 35.6 Å². The molecule has 4 aromatic carbocycles. The van der Waals surface area contributed by atoms with Crippen LogP contribution in [0.3, 0.4) is 0 Å². The summed E-state index contributed by atoms with van der Waals surface area (Å²) in [6, 6.07) is 25.9. The molecule has 0 saturated heterocycles. The van der Waals surface area contributed by atoms with Crippen LogP contribution in [0.25, 0.3) is 11.1 Å². The second-order valence-corrected chi connectivity index (χ2v) is 9.46. The van der Waals surface area contributed by atoms with Gasteiger partial charge in [-0.2, -0.15) is 0 Å². The summed E-state index contributed by atoms with van der Waals surface area (Å²) in [6.07, 6.45) is 0.761. The largest absolute Gasteiger partial charge is 0.277 e. The van der Waals surface area contributed by atoms with E-state index in [0.29, 0.717) is 39.1 Å². The van der Waals surface area contributed by atoms with E-state index in [4.69, 9.17) is 0 Å². The van der Waals surface area contributed by atoms with Gasteiger partial charge in [0.05, 0.1) is 27.9 Å². The van der Waals surface area contributed by atoms with Crippen molar-refractivity contribution in [2.75, 3.05) is 11.9 Å². The molecule has 4 amide bonds. The molecule has 208 valence electrons. The normalized spacial score (nSPS) is 13.3. The number of nitrogens with zero attached hydrogens (tertiary/aromatic N) is 2. The van der Waals surface area contributed by atoms with Crippen LogP contribution in [-0.2, 0) is 6.42 Å². The number of amides is 4. The Bertz CT molecular complexity index is 1640. The third-order valence-electron chi connectivity index (χ3n) is 7.03. The Morgan fingerprint density at radius 1 is 0.512 bits per heavy atom. The first-order valence-corrected chi connectivity index (χ1v) is 14.0. The Labute approximate surface area is 241 Å². The maximum atomic E-state index is 13.3. The number of fused-ring (bicyclic) bond motifs is 2. The smallest absolute Gasteiger partial charge is 0.266 e. The average molecular weight is 547 g/mol. The minimum atomic E-state index is -0.389. The molecule has 6 rings (SSSR count). The van der Waals surface area contributed by atoms with Gasteiger partial charge in [-0.25, -0.2) is 4.90 Å². The zero-order chi connectivity index (χ0) is 29.8. The van der Waals surface area contributed by atoms with Crippen molar-refractivity contribution in [3.63, 3.8) is 0 Å². The van der Waals surface area contributed by atoms with E-state index in [-0.39, 0.29) is 23.6 Å². The van der Waals surface area contributed by atoms with Gasteiger partial charge < -0.3 is 0 Å². The summed E-state index contributed by atoms with van der Waals surface area (Å²) in [5.41, 5.74) is 6.73. The molecular weight excluding hydrogens is 512 g/mol. The van der Waals surface area contributed by atoms with E-state index in [2.05, 4.69) is 31.2 Å². The minimum absolute atomic E-state index is 0.311. The molecule has 0 radical (unpaired) electrons. The summed E-state index contributed by atoms with van der Waals surface area (Å²) in [7, 11) is 1.45. The van der Waals surface area contributed by atoms with Crippen molar-refractivity contribution in [2.45, 2.75) is 41.0 Å². The number of carbonyl (C=O) groups is 4. The molecule has 0 spiro atoms. The van der Waals surface area contributed by atoms with Crippen molar-refractivity contribution in [3.05, 3.63) is 124 Å². The molecule has 0 aromatic heterocycles. The van der Waals surface area contributed by atoms with Gasteiger partial charge in [0.1, 0.15) is 0 Å². The molecule has 2 heterocycles. The Hall–Kier alpha value is -4.84. The molecule has 4 aromatic rings. The van der Waals surface area contributed by atoms with Gasteiger partial charge in [0.15, 0.2) is 0 Å². The van der Waals surface area contributed by atoms with E-state index >= 15 is 0 Å². The number of carbonyl (C=O) groups excluding carboxylic acids is 4. The molecule has 41 heavy (non-hydrogen) atoms. The Balaban J connectivity index is 0.000000929. The SMILES string of the molecule is CC.CC.Cc1ccc(Cc2ccc(N3C(=O)c4ccc(-c5ccc6c(c5)C(=O)N(C)C6=O)cc4C3=O)cc2)cc1. The lowest BCUT2D eigenvalue weighted by atomic mass is 9.97. The third-order valence-corrected chi connectivity index (χ3v) is 7.03. The number of rotatable bonds is 4. The summed E-state index contributed by atoms with van der Waals surface area (Å²) in [5.74, 6) is -1.44. The van der Waals surface area contributed by atoms with E-state index in [1.54, 1.807) is 48.5 Å². The van der Waals surface area contributed by atoms with Gasteiger partial charge in [-0.05, 0) is 72.0 Å². The zero-order valence-corrected chi connectivity index (χ0v) is 24.3. The molecule has 0 saturated carbocycles. The fourth-order valence-corrected chi connectivity index (χ4v) is 4.90. The monoisotopic (exact) mass is 546 g/mol. The van der Waals surface area contributed by atoms with Crippen molar-refractivity contribution >= 4 is 29.3 Å². The first-order chi connectivity index (χ1) is 19.8. The number of hydrogen-bond donors (Lipinski definition) is 0. The van der Waals surface area contributed by atoms with Gasteiger partial charge in [-0.1, -0.05) is 81.8 Å². The lowest BCUT2D eigenvalue weighted by molar-refractivity contribution is 0.0692. The quantitative estimate of drug-likeness (QED) is 0.251. The lowest BCUT2D eigenvalue weighted by Gasteiger charge is -2.14. The highest BCUT2D eigenvalue weighted by molar-refractivity contribution is 6.34. The van der Waals surface area contributed by atoms with Crippen LogP contribution >= 0.6 is 0 Å². The molecule has 0 atom stereocenters. The molecule has 2 aliphatic rings. The number of aryl methyl sites for hydroxylation is 1. The van der Waals surface area contributed by atoms with Crippen LogP contribution in [0.1, 0.15) is 85.8 Å². The van der Waals surface area contributed by atoms with Gasteiger partial charge in [0.2, 0.25) is 0 Å². The summed E-state index contributed by atoms with van der Waals surface area (Å²) in [5, 5.41) is 0. The first kappa shape index (κ1) is 29.2. The summed E-state index contributed by atoms with van der Waals surface area (Å²) < 4.78 is 0. The van der Waals surface area contributed by atoms with Gasteiger partial charge >= 0.3 is 0 Å². The molecule has 0 unspecified atom stereocenters. The molecular formula is C35H34N2O4. The van der Waals surface area contributed by atoms with Gasteiger partial charge in [-0.3, -0.25) is 24.1 Å². The fourth-order valence-electron chi connectivity index (χ4n) is 4.90. The Morgan fingerprint density at radius 3 is 1.46 bits per heavy atom. The van der Waals surface area contributed by atoms with Crippen LogP contribution in [0.4, 0.5) is 5.69 Å². The summed E-state index contributed by atoms with van der Waals surface area (Å²) >= 11 is 0. The van der Waals surface area contributed by atoms with Crippen LogP contribution in [0, 0.1) is 6.92 Å². The van der Waals surface area contributed by atoms with E-state index < -0.39 is 0 Å². The number of hydrogen-bond acceptors (Lipinski definition) is 4. The van der Waals surface area contributed by atoms with Crippen LogP contribution in [0.15, 0.2) is 84.9 Å². The summed E-state index contributed by atoms with van der Waals surface area (Å²) in [6.45, 7) is 10.1. The van der Waals surface area contributed by atoms with E-state index in [0.717, 1.165) is 16.9 Å². The van der Waals surface area contributed by atoms with Crippen molar-refractivity contribution in [1.82, 2.24) is 4.90 Å². The van der Waals surface area contributed by atoms with Gasteiger partial charge in [0, 0.05) is 7.05 Å². The van der Waals surface area contributed by atoms with E-state index in [1.807, 2.05) is 39.8 Å². The van der Waals surface area contributed by atoms with Crippen molar-refractivity contribution in [1.29, 1.82) is 0 Å². The third kappa shape index (κ3) is 5.33. The highest BCUT2D eigenvalue weighted by Gasteiger charge is 2.37. The molecule has 0 fully saturated rings. The van der Waals surface area contributed by atoms with Crippen LogP contribution in [0.2, 0.25) is 0 Å². The predicted octanol–water partition coefficient (Wildman–Crippen LogP) is 7.33. The first-order valence-electron chi connectivity index (χ1n) is 14.0.